The lowest BCUT2D eigenvalue weighted by Gasteiger charge is -2.07. The number of aromatic nitrogens is 2. The molecule has 7 heteroatoms. The lowest BCUT2D eigenvalue weighted by atomic mass is 10.2. The molecule has 0 aliphatic heterocycles. The van der Waals surface area contributed by atoms with Crippen LogP contribution in [0.4, 0.5) is 5.69 Å². The van der Waals surface area contributed by atoms with Crippen molar-refractivity contribution in [2.45, 2.75) is 13.5 Å². The van der Waals surface area contributed by atoms with Crippen LogP contribution in [-0.4, -0.2) is 15.5 Å². The number of benzene rings is 1. The largest absolute Gasteiger partial charge is 0.325 e. The number of nitrogens with zero attached hydrogens (tertiary/aromatic N) is 2. The van der Waals surface area contributed by atoms with Crippen LogP contribution in [0.2, 0.25) is 0 Å². The Kier molecular flexibility index (Phi) is 4.40. The molecule has 3 aromatic heterocycles. The van der Waals surface area contributed by atoms with E-state index in [1.807, 2.05) is 42.6 Å². The summed E-state index contributed by atoms with van der Waals surface area (Å²) >= 11 is 3.09. The maximum absolute atomic E-state index is 12.9. The predicted molar refractivity (Wildman–Crippen MR) is 107 cm³/mol. The van der Waals surface area contributed by atoms with Gasteiger partial charge in [0.1, 0.15) is 11.4 Å². The van der Waals surface area contributed by atoms with Crippen molar-refractivity contribution in [2.75, 3.05) is 5.32 Å². The van der Waals surface area contributed by atoms with Gasteiger partial charge in [0.05, 0.1) is 11.7 Å². The summed E-state index contributed by atoms with van der Waals surface area (Å²) in [6, 6.07) is 13.2. The number of hydrogen-bond acceptors (Lipinski definition) is 5. The molecule has 5 nitrogen and oxygen atoms in total. The number of fused-ring (bicyclic) bond motifs is 1. The summed E-state index contributed by atoms with van der Waals surface area (Å²) in [6.45, 7) is 1.96. The van der Waals surface area contributed by atoms with Gasteiger partial charge in [0.2, 0.25) is 5.91 Å². The number of rotatable bonds is 4. The van der Waals surface area contributed by atoms with Gasteiger partial charge in [-0.1, -0.05) is 18.2 Å². The molecule has 1 N–H and O–H groups in total. The minimum atomic E-state index is -0.261. The molecule has 4 rings (SSSR count). The Morgan fingerprint density at radius 2 is 2.00 bits per heavy atom. The van der Waals surface area contributed by atoms with Gasteiger partial charge in [0.15, 0.2) is 0 Å². The first kappa shape index (κ1) is 16.7. The molecule has 0 radical (unpaired) electrons. The maximum atomic E-state index is 12.9. The normalized spacial score (nSPS) is 11.0. The Hall–Kier alpha value is -2.77. The van der Waals surface area contributed by atoms with Crippen molar-refractivity contribution in [1.29, 1.82) is 0 Å². The molecular formula is C19H15N3O2S2. The summed E-state index contributed by atoms with van der Waals surface area (Å²) in [5.41, 5.74) is 1.39. The number of amides is 1. The van der Waals surface area contributed by atoms with Gasteiger partial charge in [-0.15, -0.1) is 22.7 Å². The summed E-state index contributed by atoms with van der Waals surface area (Å²) in [4.78, 5) is 32.5. The van der Waals surface area contributed by atoms with Gasteiger partial charge in [-0.05, 0) is 31.2 Å². The molecule has 26 heavy (non-hydrogen) atoms. The standard InChI is InChI=1S/C19H15N3O2S2/c1-12-7-8-15(26-12)14-10-25-18-17(14)19(24)22(11-20-18)9-16(23)21-13-5-3-2-4-6-13/h2-8,10-11H,9H2,1H3,(H,21,23). The fourth-order valence-electron chi connectivity index (χ4n) is 2.72. The van der Waals surface area contributed by atoms with Crippen LogP contribution in [0.1, 0.15) is 4.88 Å². The third-order valence-electron chi connectivity index (χ3n) is 3.94. The van der Waals surface area contributed by atoms with Crippen LogP contribution in [0.25, 0.3) is 20.7 Å². The van der Waals surface area contributed by atoms with Gasteiger partial charge in [-0.2, -0.15) is 0 Å². The summed E-state index contributed by atoms with van der Waals surface area (Å²) in [6.07, 6.45) is 1.44. The molecule has 0 saturated carbocycles. The van der Waals surface area contributed by atoms with E-state index in [1.54, 1.807) is 23.5 Å². The smallest absolute Gasteiger partial charge is 0.263 e. The molecule has 0 atom stereocenters. The van der Waals surface area contributed by atoms with Gasteiger partial charge in [-0.25, -0.2) is 4.98 Å². The highest BCUT2D eigenvalue weighted by Gasteiger charge is 2.15. The number of hydrogen-bond donors (Lipinski definition) is 1. The monoisotopic (exact) mass is 381 g/mol. The van der Waals surface area contributed by atoms with E-state index in [2.05, 4.69) is 10.3 Å². The van der Waals surface area contributed by atoms with Gasteiger partial charge in [-0.3, -0.25) is 14.2 Å². The van der Waals surface area contributed by atoms with E-state index in [0.29, 0.717) is 15.9 Å². The first-order chi connectivity index (χ1) is 12.6. The second-order valence-corrected chi connectivity index (χ2v) is 7.98. The molecule has 0 unspecified atom stereocenters. The number of anilines is 1. The Morgan fingerprint density at radius 1 is 1.19 bits per heavy atom. The van der Waals surface area contributed by atoms with E-state index >= 15 is 0 Å². The predicted octanol–water partition coefficient (Wildman–Crippen LogP) is 4.13. The summed E-state index contributed by atoms with van der Waals surface area (Å²) in [7, 11) is 0. The molecule has 0 aliphatic carbocycles. The SMILES string of the molecule is Cc1ccc(-c2csc3ncn(CC(=O)Nc4ccccc4)c(=O)c23)s1. The Bertz CT molecular complexity index is 1140. The molecule has 0 spiro atoms. The first-order valence-corrected chi connectivity index (χ1v) is 9.70. The number of thiophene rings is 2. The highest BCUT2D eigenvalue weighted by molar-refractivity contribution is 7.19. The number of para-hydroxylation sites is 1. The molecule has 1 aromatic carbocycles. The van der Waals surface area contributed by atoms with Crippen LogP contribution in [0.3, 0.4) is 0 Å². The minimum Gasteiger partial charge on any atom is -0.325 e. The lowest BCUT2D eigenvalue weighted by molar-refractivity contribution is -0.116. The Morgan fingerprint density at radius 3 is 2.73 bits per heavy atom. The summed E-state index contributed by atoms with van der Waals surface area (Å²) < 4.78 is 1.36. The molecule has 1 amide bonds. The third-order valence-corrected chi connectivity index (χ3v) is 5.86. The molecular weight excluding hydrogens is 366 g/mol. The van der Waals surface area contributed by atoms with Crippen LogP contribution in [0.15, 0.2) is 59.0 Å². The van der Waals surface area contributed by atoms with Crippen molar-refractivity contribution in [3.8, 4) is 10.4 Å². The number of aryl methyl sites for hydroxylation is 1. The maximum Gasteiger partial charge on any atom is 0.263 e. The van der Waals surface area contributed by atoms with Crippen LogP contribution in [-0.2, 0) is 11.3 Å². The molecule has 3 heterocycles. The molecule has 0 bridgehead atoms. The molecule has 0 fully saturated rings. The van der Waals surface area contributed by atoms with E-state index in [9.17, 15) is 9.59 Å². The van der Waals surface area contributed by atoms with Crippen molar-refractivity contribution in [3.63, 3.8) is 0 Å². The average molecular weight is 381 g/mol. The van der Waals surface area contributed by atoms with E-state index in [4.69, 9.17) is 0 Å². The van der Waals surface area contributed by atoms with E-state index < -0.39 is 0 Å². The van der Waals surface area contributed by atoms with Crippen molar-refractivity contribution in [2.24, 2.45) is 0 Å². The van der Waals surface area contributed by atoms with Gasteiger partial charge >= 0.3 is 0 Å². The highest BCUT2D eigenvalue weighted by Crippen LogP contribution is 2.34. The average Bonchev–Trinajstić information content (AvgIpc) is 3.24. The molecule has 4 aromatic rings. The van der Waals surface area contributed by atoms with Crippen LogP contribution >= 0.6 is 22.7 Å². The second-order valence-electron chi connectivity index (χ2n) is 5.83. The fourth-order valence-corrected chi connectivity index (χ4v) is 4.58. The second kappa shape index (κ2) is 6.86. The zero-order chi connectivity index (χ0) is 18.1. The van der Waals surface area contributed by atoms with Crippen LogP contribution < -0.4 is 10.9 Å². The number of nitrogens with one attached hydrogen (secondary N) is 1. The van der Waals surface area contributed by atoms with Crippen LogP contribution in [0, 0.1) is 6.92 Å². The topological polar surface area (TPSA) is 64.0 Å². The number of carbonyl (C=O) groups excluding carboxylic acids is 1. The van der Waals surface area contributed by atoms with Crippen molar-refractivity contribution in [1.82, 2.24) is 9.55 Å². The Labute approximate surface area is 157 Å². The molecule has 0 saturated heterocycles. The van der Waals surface area contributed by atoms with Crippen LogP contribution in [0.5, 0.6) is 0 Å². The van der Waals surface area contributed by atoms with Gasteiger partial charge < -0.3 is 5.32 Å². The zero-order valence-corrected chi connectivity index (χ0v) is 15.6. The van der Waals surface area contributed by atoms with Gasteiger partial charge in [0, 0.05) is 26.4 Å². The van der Waals surface area contributed by atoms with Crippen molar-refractivity contribution < 1.29 is 4.79 Å². The molecule has 130 valence electrons. The Balaban J connectivity index is 1.67. The third kappa shape index (κ3) is 3.18. The fraction of sp³-hybridized carbons (Fsp3) is 0.105. The highest BCUT2D eigenvalue weighted by atomic mass is 32.1. The summed E-state index contributed by atoms with van der Waals surface area (Å²) in [5.74, 6) is -0.261. The molecule has 0 aliphatic rings. The van der Waals surface area contributed by atoms with Crippen molar-refractivity contribution in [3.05, 3.63) is 69.4 Å². The van der Waals surface area contributed by atoms with E-state index in [0.717, 1.165) is 10.4 Å². The van der Waals surface area contributed by atoms with Crippen molar-refractivity contribution >= 4 is 44.5 Å². The lowest BCUT2D eigenvalue weighted by Crippen LogP contribution is -2.27. The first-order valence-electron chi connectivity index (χ1n) is 8.00. The van der Waals surface area contributed by atoms with E-state index in [1.165, 1.54) is 27.1 Å². The quantitative estimate of drug-likeness (QED) is 0.578. The van der Waals surface area contributed by atoms with E-state index in [-0.39, 0.29) is 18.0 Å². The zero-order valence-electron chi connectivity index (χ0n) is 13.9. The number of carbonyl (C=O) groups is 1. The van der Waals surface area contributed by atoms with Gasteiger partial charge in [0.25, 0.3) is 5.56 Å². The summed E-state index contributed by atoms with van der Waals surface area (Å²) in [5, 5.41) is 5.32. The minimum absolute atomic E-state index is 0.0740.